The fourth-order valence-corrected chi connectivity index (χ4v) is 3.67. The molecule has 0 spiro atoms. The van der Waals surface area contributed by atoms with Gasteiger partial charge in [0.2, 0.25) is 0 Å². The Hall–Kier alpha value is -3.92. The Balaban J connectivity index is 1.50. The lowest BCUT2D eigenvalue weighted by Crippen LogP contribution is -2.13. The van der Waals surface area contributed by atoms with Crippen LogP contribution in [0.25, 0.3) is 16.9 Å². The van der Waals surface area contributed by atoms with E-state index >= 15 is 0 Å². The van der Waals surface area contributed by atoms with E-state index in [4.69, 9.17) is 4.74 Å². The molecule has 0 aliphatic carbocycles. The van der Waals surface area contributed by atoms with Gasteiger partial charge in [-0.25, -0.2) is 14.5 Å². The monoisotopic (exact) mass is 437 g/mol. The molecule has 0 atom stereocenters. The van der Waals surface area contributed by atoms with Crippen LogP contribution in [0.4, 0.5) is 5.13 Å². The van der Waals surface area contributed by atoms with Gasteiger partial charge in [-0.3, -0.25) is 10.1 Å². The molecule has 4 rings (SSSR count). The first-order chi connectivity index (χ1) is 15.0. The average Bonchev–Trinajstić information content (AvgIpc) is 3.53. The summed E-state index contributed by atoms with van der Waals surface area (Å²) in [5.41, 5.74) is 3.71. The maximum atomic E-state index is 12.6. The minimum absolute atomic E-state index is 0.245. The quantitative estimate of drug-likeness (QED) is 0.445. The van der Waals surface area contributed by atoms with Crippen LogP contribution in [0.3, 0.4) is 0 Å². The Morgan fingerprint density at radius 3 is 2.81 bits per heavy atom. The summed E-state index contributed by atoms with van der Waals surface area (Å²) in [6.07, 6.45) is 3.36. The van der Waals surface area contributed by atoms with Gasteiger partial charge in [0.1, 0.15) is 17.1 Å². The van der Waals surface area contributed by atoms with Crippen molar-refractivity contribution < 1.29 is 19.1 Å². The molecule has 10 heteroatoms. The molecule has 0 saturated heterocycles. The zero-order valence-corrected chi connectivity index (χ0v) is 17.8. The van der Waals surface area contributed by atoms with Crippen LogP contribution in [0.15, 0.2) is 48.1 Å². The molecule has 0 unspecified atom stereocenters. The van der Waals surface area contributed by atoms with E-state index < -0.39 is 5.97 Å². The third-order valence-electron chi connectivity index (χ3n) is 4.51. The lowest BCUT2D eigenvalue weighted by molar-refractivity contribution is 0.0594. The predicted molar refractivity (Wildman–Crippen MR) is 116 cm³/mol. The molecule has 9 nitrogen and oxygen atoms in total. The van der Waals surface area contributed by atoms with E-state index in [1.807, 2.05) is 25.1 Å². The molecule has 3 aromatic heterocycles. The van der Waals surface area contributed by atoms with Gasteiger partial charge in [-0.05, 0) is 36.8 Å². The first kappa shape index (κ1) is 20.4. The zero-order valence-electron chi connectivity index (χ0n) is 17.0. The number of H-pyrrole nitrogens is 1. The lowest BCUT2D eigenvalue weighted by Gasteiger charge is -2.09. The van der Waals surface area contributed by atoms with Crippen LogP contribution in [0.2, 0.25) is 0 Å². The molecule has 0 bridgehead atoms. The van der Waals surface area contributed by atoms with Gasteiger partial charge in [-0.2, -0.15) is 5.10 Å². The second-order valence-corrected chi connectivity index (χ2v) is 7.46. The van der Waals surface area contributed by atoms with Crippen LogP contribution in [0.1, 0.15) is 26.5 Å². The van der Waals surface area contributed by atoms with Crippen LogP contribution in [0, 0.1) is 6.92 Å². The van der Waals surface area contributed by atoms with Gasteiger partial charge in [-0.15, -0.1) is 11.3 Å². The number of carbonyl (C=O) groups excluding carboxylic acids is 2. The standard InChI is InChI=1S/C21H19N5O4S/c1-12-4-5-18(29-2)17(8-12)26-7-6-14(25-26)19(27)24-21-23-16(11-31-21)13-9-15(22-10-13)20(28)30-3/h4-11,22H,1-3H3,(H,23,24,27). The molecule has 31 heavy (non-hydrogen) atoms. The number of benzene rings is 1. The third kappa shape index (κ3) is 4.19. The Kier molecular flexibility index (Phi) is 5.54. The van der Waals surface area contributed by atoms with E-state index in [9.17, 15) is 9.59 Å². The summed E-state index contributed by atoms with van der Waals surface area (Å²) in [7, 11) is 2.90. The highest BCUT2D eigenvalue weighted by Gasteiger charge is 2.16. The minimum Gasteiger partial charge on any atom is -0.494 e. The summed E-state index contributed by atoms with van der Waals surface area (Å²) in [6, 6.07) is 9.00. The molecule has 4 aromatic rings. The summed E-state index contributed by atoms with van der Waals surface area (Å²) < 4.78 is 11.7. The Morgan fingerprint density at radius 1 is 1.19 bits per heavy atom. The molecule has 3 heterocycles. The number of anilines is 1. The van der Waals surface area contributed by atoms with Crippen molar-refractivity contribution in [3.8, 4) is 22.7 Å². The van der Waals surface area contributed by atoms with Crippen molar-refractivity contribution in [2.75, 3.05) is 19.5 Å². The van der Waals surface area contributed by atoms with Crippen LogP contribution >= 0.6 is 11.3 Å². The molecular weight excluding hydrogens is 418 g/mol. The number of ether oxygens (including phenoxy) is 2. The van der Waals surface area contributed by atoms with Gasteiger partial charge in [0.05, 0.1) is 19.9 Å². The summed E-state index contributed by atoms with van der Waals surface area (Å²) in [4.78, 5) is 31.5. The first-order valence-corrected chi connectivity index (χ1v) is 10.1. The van der Waals surface area contributed by atoms with E-state index in [0.29, 0.717) is 27.8 Å². The van der Waals surface area contributed by atoms with Crippen molar-refractivity contribution >= 4 is 28.3 Å². The van der Waals surface area contributed by atoms with Crippen molar-refractivity contribution in [2.24, 2.45) is 0 Å². The number of aromatic amines is 1. The summed E-state index contributed by atoms with van der Waals surface area (Å²) in [6.45, 7) is 1.97. The number of amides is 1. The van der Waals surface area contributed by atoms with E-state index in [1.54, 1.807) is 41.7 Å². The number of hydrogen-bond acceptors (Lipinski definition) is 7. The van der Waals surface area contributed by atoms with Crippen molar-refractivity contribution in [3.05, 3.63) is 65.1 Å². The van der Waals surface area contributed by atoms with Crippen LogP contribution in [0.5, 0.6) is 5.75 Å². The maximum Gasteiger partial charge on any atom is 0.354 e. The second-order valence-electron chi connectivity index (χ2n) is 6.61. The van der Waals surface area contributed by atoms with Crippen molar-refractivity contribution in [3.63, 3.8) is 0 Å². The predicted octanol–water partition coefficient (Wildman–Crippen LogP) is 3.68. The van der Waals surface area contributed by atoms with E-state index in [0.717, 1.165) is 11.3 Å². The largest absolute Gasteiger partial charge is 0.494 e. The normalized spacial score (nSPS) is 10.7. The first-order valence-electron chi connectivity index (χ1n) is 9.23. The molecule has 0 radical (unpaired) electrons. The van der Waals surface area contributed by atoms with Crippen LogP contribution in [-0.4, -0.2) is 45.8 Å². The van der Waals surface area contributed by atoms with Crippen LogP contribution < -0.4 is 10.1 Å². The number of aryl methyl sites for hydroxylation is 1. The molecule has 0 aliphatic heterocycles. The Labute approximate surface area is 181 Å². The SMILES string of the molecule is COC(=O)c1cc(-c2csc(NC(=O)c3ccn(-c4cc(C)ccc4OC)n3)n2)c[nH]1. The minimum atomic E-state index is -0.462. The van der Waals surface area contributed by atoms with Crippen LogP contribution in [-0.2, 0) is 4.74 Å². The third-order valence-corrected chi connectivity index (χ3v) is 5.27. The second kappa shape index (κ2) is 8.44. The van der Waals surface area contributed by atoms with Gasteiger partial charge < -0.3 is 14.5 Å². The smallest absolute Gasteiger partial charge is 0.354 e. The number of nitrogens with one attached hydrogen (secondary N) is 2. The molecule has 1 aromatic carbocycles. The maximum absolute atomic E-state index is 12.6. The van der Waals surface area contributed by atoms with Gasteiger partial charge in [-0.1, -0.05) is 6.07 Å². The lowest BCUT2D eigenvalue weighted by atomic mass is 10.2. The summed E-state index contributed by atoms with van der Waals surface area (Å²) in [5, 5.41) is 9.33. The highest BCUT2D eigenvalue weighted by atomic mass is 32.1. The van der Waals surface area contributed by atoms with Crippen molar-refractivity contribution in [1.82, 2.24) is 19.7 Å². The van der Waals surface area contributed by atoms with E-state index in [1.165, 1.54) is 18.4 Å². The average molecular weight is 437 g/mol. The number of methoxy groups -OCH3 is 2. The van der Waals surface area contributed by atoms with Gasteiger partial charge in [0, 0.05) is 23.3 Å². The number of hydrogen-bond donors (Lipinski definition) is 2. The fraction of sp³-hybridized carbons (Fsp3) is 0.143. The molecule has 0 aliphatic rings. The highest BCUT2D eigenvalue weighted by Crippen LogP contribution is 2.27. The molecular formula is C21H19N5O4S. The Bertz CT molecular complexity index is 1260. The molecule has 1 amide bonds. The van der Waals surface area contributed by atoms with Gasteiger partial charge >= 0.3 is 5.97 Å². The van der Waals surface area contributed by atoms with E-state index in [-0.39, 0.29) is 11.6 Å². The summed E-state index contributed by atoms with van der Waals surface area (Å²) in [5.74, 6) is -0.186. The fourth-order valence-electron chi connectivity index (χ4n) is 2.95. The van der Waals surface area contributed by atoms with Gasteiger partial charge in [0.15, 0.2) is 10.8 Å². The molecule has 2 N–H and O–H groups in total. The van der Waals surface area contributed by atoms with Gasteiger partial charge in [0.25, 0.3) is 5.91 Å². The number of carbonyl (C=O) groups is 2. The zero-order chi connectivity index (χ0) is 22.0. The molecule has 0 saturated carbocycles. The topological polar surface area (TPSA) is 111 Å². The molecule has 158 valence electrons. The van der Waals surface area contributed by atoms with E-state index in [2.05, 4.69) is 25.1 Å². The number of rotatable bonds is 6. The molecule has 0 fully saturated rings. The van der Waals surface area contributed by atoms with Crippen molar-refractivity contribution in [2.45, 2.75) is 6.92 Å². The van der Waals surface area contributed by atoms with Crippen molar-refractivity contribution in [1.29, 1.82) is 0 Å². The number of aromatic nitrogens is 4. The summed E-state index contributed by atoms with van der Waals surface area (Å²) >= 11 is 1.27. The number of thiazole rings is 1. The number of esters is 1. The highest BCUT2D eigenvalue weighted by molar-refractivity contribution is 7.14. The number of nitrogens with zero attached hydrogens (tertiary/aromatic N) is 3. The Morgan fingerprint density at radius 2 is 2.03 bits per heavy atom.